The Kier molecular flexibility index (Phi) is 7.25. The minimum absolute atomic E-state index is 0.0233. The van der Waals surface area contributed by atoms with Gasteiger partial charge in [-0.1, -0.05) is 26.2 Å². The van der Waals surface area contributed by atoms with Crippen molar-refractivity contribution in [1.82, 2.24) is 0 Å². The lowest BCUT2D eigenvalue weighted by atomic mass is 10.0. The third-order valence-electron chi connectivity index (χ3n) is 3.53. The van der Waals surface area contributed by atoms with Crippen molar-refractivity contribution in [3.05, 3.63) is 0 Å². The van der Waals surface area contributed by atoms with E-state index in [0.29, 0.717) is 0 Å². The topological polar surface area (TPSA) is 46.5 Å². The Morgan fingerprint density at radius 2 is 1.88 bits per heavy atom. The molecule has 1 N–H and O–H groups in total. The van der Waals surface area contributed by atoms with Crippen LogP contribution in [0.15, 0.2) is 0 Å². The first-order chi connectivity index (χ1) is 8.24. The molecule has 0 aromatic carbocycles. The fourth-order valence-electron chi connectivity index (χ4n) is 2.32. The van der Waals surface area contributed by atoms with Gasteiger partial charge in [-0.2, -0.15) is 0 Å². The number of carbonyl (C=O) groups excluding carboxylic acids is 1. The lowest BCUT2D eigenvalue weighted by molar-refractivity contribution is -0.154. The van der Waals surface area contributed by atoms with Gasteiger partial charge in [-0.15, -0.1) is 0 Å². The Hall–Kier alpha value is -0.570. The van der Waals surface area contributed by atoms with Crippen molar-refractivity contribution >= 4 is 5.97 Å². The van der Waals surface area contributed by atoms with E-state index in [1.54, 1.807) is 0 Å². The first-order valence-electron chi connectivity index (χ1n) is 7.05. The first-order valence-corrected chi connectivity index (χ1v) is 7.05. The molecule has 0 aromatic heterocycles. The van der Waals surface area contributed by atoms with E-state index >= 15 is 0 Å². The summed E-state index contributed by atoms with van der Waals surface area (Å²) in [6.07, 6.45) is 9.67. The minimum Gasteiger partial charge on any atom is -0.462 e. The van der Waals surface area contributed by atoms with Crippen LogP contribution in [0, 0.1) is 5.92 Å². The van der Waals surface area contributed by atoms with Crippen LogP contribution in [-0.4, -0.2) is 23.8 Å². The normalized spacial score (nSPS) is 19.6. The molecule has 1 aliphatic carbocycles. The predicted octanol–water partition coefficient (Wildman–Crippen LogP) is 3.05. The second-order valence-electron chi connectivity index (χ2n) is 5.17. The molecule has 0 heterocycles. The summed E-state index contributed by atoms with van der Waals surface area (Å²) in [6.45, 7) is 2.14. The Morgan fingerprint density at radius 1 is 1.24 bits per heavy atom. The second kappa shape index (κ2) is 8.51. The van der Waals surface area contributed by atoms with Gasteiger partial charge in [0.2, 0.25) is 0 Å². The molecule has 1 fully saturated rings. The maximum absolute atomic E-state index is 11.8. The summed E-state index contributed by atoms with van der Waals surface area (Å²) in [6, 6.07) is 0. The van der Waals surface area contributed by atoms with Crippen molar-refractivity contribution in [2.24, 2.45) is 5.92 Å². The van der Waals surface area contributed by atoms with Gasteiger partial charge < -0.3 is 9.84 Å². The van der Waals surface area contributed by atoms with Gasteiger partial charge in [-0.25, -0.2) is 0 Å². The predicted molar refractivity (Wildman–Crippen MR) is 67.7 cm³/mol. The zero-order chi connectivity index (χ0) is 12.5. The average Bonchev–Trinajstić information content (AvgIpc) is 2.57. The summed E-state index contributed by atoms with van der Waals surface area (Å²) in [5.41, 5.74) is 0. The summed E-state index contributed by atoms with van der Waals surface area (Å²) < 4.78 is 5.56. The number of aliphatic hydroxyl groups is 1. The van der Waals surface area contributed by atoms with Crippen molar-refractivity contribution in [2.45, 2.75) is 70.8 Å². The van der Waals surface area contributed by atoms with Crippen LogP contribution in [-0.2, 0) is 9.53 Å². The Balaban J connectivity index is 2.21. The molecule has 17 heavy (non-hydrogen) atoms. The van der Waals surface area contributed by atoms with Crippen molar-refractivity contribution in [3.8, 4) is 0 Å². The van der Waals surface area contributed by atoms with E-state index in [1.807, 2.05) is 6.92 Å². The van der Waals surface area contributed by atoms with Crippen molar-refractivity contribution < 1.29 is 14.6 Å². The molecule has 0 spiro atoms. The molecule has 1 unspecified atom stereocenters. The van der Waals surface area contributed by atoms with Crippen molar-refractivity contribution in [1.29, 1.82) is 0 Å². The quantitative estimate of drug-likeness (QED) is 0.442. The van der Waals surface area contributed by atoms with Crippen LogP contribution >= 0.6 is 0 Å². The summed E-state index contributed by atoms with van der Waals surface area (Å²) in [7, 11) is 0. The molecule has 0 saturated heterocycles. The fraction of sp³-hybridized carbons (Fsp3) is 0.929. The van der Waals surface area contributed by atoms with Crippen LogP contribution in [0.3, 0.4) is 0 Å². The number of rotatable bonds is 6. The molecule has 100 valence electrons. The van der Waals surface area contributed by atoms with Crippen molar-refractivity contribution in [3.63, 3.8) is 0 Å². The van der Waals surface area contributed by atoms with Gasteiger partial charge in [0.15, 0.2) is 0 Å². The maximum Gasteiger partial charge on any atom is 0.308 e. The number of unbranched alkanes of at least 4 members (excludes halogenated alkanes) is 1. The summed E-state index contributed by atoms with van der Waals surface area (Å²) in [5.74, 6) is -0.0698. The highest BCUT2D eigenvalue weighted by Gasteiger charge is 2.20. The molecular weight excluding hydrogens is 216 g/mol. The van der Waals surface area contributed by atoms with Gasteiger partial charge in [0.1, 0.15) is 6.10 Å². The van der Waals surface area contributed by atoms with Crippen molar-refractivity contribution in [2.75, 3.05) is 6.61 Å². The average molecular weight is 242 g/mol. The lowest BCUT2D eigenvalue weighted by Crippen LogP contribution is -2.22. The van der Waals surface area contributed by atoms with E-state index in [0.717, 1.165) is 32.1 Å². The zero-order valence-corrected chi connectivity index (χ0v) is 11.0. The Morgan fingerprint density at radius 3 is 2.47 bits per heavy atom. The third kappa shape index (κ3) is 6.06. The van der Waals surface area contributed by atoms with Gasteiger partial charge in [-0.3, -0.25) is 4.79 Å². The van der Waals surface area contributed by atoms with E-state index in [-0.39, 0.29) is 24.6 Å². The Labute approximate surface area is 105 Å². The molecule has 0 aromatic rings. The highest BCUT2D eigenvalue weighted by atomic mass is 16.5. The third-order valence-corrected chi connectivity index (χ3v) is 3.53. The highest BCUT2D eigenvalue weighted by molar-refractivity contribution is 5.72. The fourth-order valence-corrected chi connectivity index (χ4v) is 2.32. The van der Waals surface area contributed by atoms with Crippen LogP contribution in [0.4, 0.5) is 0 Å². The standard InChI is InChI=1S/C14H26O3/c1-12(8-6-7-11-15)14(16)17-13-9-4-2-3-5-10-13/h12-13,15H,2-11H2,1H3. The zero-order valence-electron chi connectivity index (χ0n) is 11.0. The molecule has 0 radical (unpaired) electrons. The maximum atomic E-state index is 11.8. The lowest BCUT2D eigenvalue weighted by Gasteiger charge is -2.18. The van der Waals surface area contributed by atoms with Gasteiger partial charge in [0, 0.05) is 6.61 Å². The van der Waals surface area contributed by atoms with Crippen LogP contribution in [0.25, 0.3) is 0 Å². The van der Waals surface area contributed by atoms with Gasteiger partial charge in [0.05, 0.1) is 5.92 Å². The number of esters is 1. The Bertz CT molecular complexity index is 208. The summed E-state index contributed by atoms with van der Waals surface area (Å²) >= 11 is 0. The monoisotopic (exact) mass is 242 g/mol. The number of hydrogen-bond donors (Lipinski definition) is 1. The number of ether oxygens (including phenoxy) is 1. The summed E-state index contributed by atoms with van der Waals surface area (Å²) in [5, 5.41) is 8.69. The number of aliphatic hydroxyl groups excluding tert-OH is 1. The van der Waals surface area contributed by atoms with Crippen LogP contribution < -0.4 is 0 Å². The molecule has 3 nitrogen and oxygen atoms in total. The minimum atomic E-state index is -0.0464. The van der Waals surface area contributed by atoms with Crippen LogP contribution in [0.5, 0.6) is 0 Å². The summed E-state index contributed by atoms with van der Waals surface area (Å²) in [4.78, 5) is 11.8. The molecule has 1 atom stereocenters. The number of carbonyl (C=O) groups is 1. The van der Waals surface area contributed by atoms with Crippen LogP contribution in [0.1, 0.15) is 64.7 Å². The molecule has 1 saturated carbocycles. The molecule has 0 amide bonds. The smallest absolute Gasteiger partial charge is 0.308 e. The van der Waals surface area contributed by atoms with E-state index in [1.165, 1.54) is 25.7 Å². The molecule has 1 aliphatic rings. The van der Waals surface area contributed by atoms with E-state index in [9.17, 15) is 4.79 Å². The van der Waals surface area contributed by atoms with E-state index in [4.69, 9.17) is 9.84 Å². The highest BCUT2D eigenvalue weighted by Crippen LogP contribution is 2.21. The molecule has 0 aliphatic heterocycles. The van der Waals surface area contributed by atoms with Gasteiger partial charge in [0.25, 0.3) is 0 Å². The van der Waals surface area contributed by atoms with E-state index in [2.05, 4.69) is 0 Å². The van der Waals surface area contributed by atoms with Gasteiger partial charge in [-0.05, 0) is 38.5 Å². The molecule has 0 bridgehead atoms. The molecule has 1 rings (SSSR count). The molecule has 3 heteroatoms. The first kappa shape index (κ1) is 14.5. The van der Waals surface area contributed by atoms with Crippen LogP contribution in [0.2, 0.25) is 0 Å². The molecular formula is C14H26O3. The number of hydrogen-bond acceptors (Lipinski definition) is 3. The largest absolute Gasteiger partial charge is 0.462 e. The SMILES string of the molecule is CC(CCCCO)C(=O)OC1CCCCCC1. The van der Waals surface area contributed by atoms with Gasteiger partial charge >= 0.3 is 5.97 Å². The van der Waals surface area contributed by atoms with E-state index < -0.39 is 0 Å². The second-order valence-corrected chi connectivity index (χ2v) is 5.17.